The molecule has 0 spiro atoms. The molecule has 0 amide bonds. The van der Waals surface area contributed by atoms with Gasteiger partial charge < -0.3 is 9.31 Å². The molecule has 1 atom stereocenters. The molecular formula is C9H19BO2. The van der Waals surface area contributed by atoms with Gasteiger partial charge in [-0.1, -0.05) is 13.3 Å². The third-order valence-electron chi connectivity index (χ3n) is 2.14. The van der Waals surface area contributed by atoms with Crippen molar-refractivity contribution in [2.45, 2.75) is 58.6 Å². The molecule has 2 nitrogen and oxygen atoms in total. The molecule has 0 aliphatic carbocycles. The first-order chi connectivity index (χ1) is 5.53. The Morgan fingerprint density at radius 2 is 2.17 bits per heavy atom. The van der Waals surface area contributed by atoms with E-state index in [1.165, 1.54) is 0 Å². The summed E-state index contributed by atoms with van der Waals surface area (Å²) >= 11 is 0. The normalized spacial score (nSPS) is 29.0. The minimum absolute atomic E-state index is 0.00248. The van der Waals surface area contributed by atoms with Gasteiger partial charge in [-0.2, -0.15) is 0 Å². The van der Waals surface area contributed by atoms with Gasteiger partial charge in [-0.3, -0.25) is 0 Å². The van der Waals surface area contributed by atoms with Gasteiger partial charge in [0.05, 0.1) is 5.60 Å². The Bertz CT molecular complexity index is 147. The highest BCUT2D eigenvalue weighted by molar-refractivity contribution is 6.44. The van der Waals surface area contributed by atoms with E-state index in [1.54, 1.807) is 0 Å². The van der Waals surface area contributed by atoms with Crippen LogP contribution in [0.1, 0.15) is 40.5 Å². The SMILES string of the molecule is CCCB1OC(C)CC(C)(C)O1. The Balaban J connectivity index is 2.46. The van der Waals surface area contributed by atoms with E-state index in [4.69, 9.17) is 9.31 Å². The first-order valence-corrected chi connectivity index (χ1v) is 4.87. The fourth-order valence-electron chi connectivity index (χ4n) is 1.79. The van der Waals surface area contributed by atoms with Gasteiger partial charge in [0.2, 0.25) is 0 Å². The lowest BCUT2D eigenvalue weighted by Gasteiger charge is -2.38. The lowest BCUT2D eigenvalue weighted by molar-refractivity contribution is -0.0287. The number of hydrogen-bond donors (Lipinski definition) is 0. The molecule has 0 aromatic rings. The van der Waals surface area contributed by atoms with E-state index in [0.717, 1.165) is 19.2 Å². The molecule has 0 aromatic heterocycles. The predicted molar refractivity (Wildman–Crippen MR) is 51.2 cm³/mol. The van der Waals surface area contributed by atoms with Gasteiger partial charge in [0.25, 0.3) is 0 Å². The fourth-order valence-corrected chi connectivity index (χ4v) is 1.79. The summed E-state index contributed by atoms with van der Waals surface area (Å²) < 4.78 is 11.4. The lowest BCUT2D eigenvalue weighted by atomic mass is 9.78. The van der Waals surface area contributed by atoms with Crippen LogP contribution in [0.2, 0.25) is 6.32 Å². The van der Waals surface area contributed by atoms with Gasteiger partial charge in [0, 0.05) is 6.10 Å². The Hall–Kier alpha value is -0.0151. The molecule has 0 saturated carbocycles. The molecule has 1 aliphatic rings. The van der Waals surface area contributed by atoms with Crippen LogP contribution in [0.4, 0.5) is 0 Å². The molecule has 12 heavy (non-hydrogen) atoms. The molecule has 3 heteroatoms. The molecule has 0 N–H and O–H groups in total. The van der Waals surface area contributed by atoms with E-state index in [-0.39, 0.29) is 12.7 Å². The van der Waals surface area contributed by atoms with Crippen LogP contribution in [-0.2, 0) is 9.31 Å². The Morgan fingerprint density at radius 3 is 2.67 bits per heavy atom. The summed E-state index contributed by atoms with van der Waals surface area (Å²) in [7, 11) is 0.0220. The van der Waals surface area contributed by atoms with Crippen LogP contribution in [0.15, 0.2) is 0 Å². The second-order valence-electron chi connectivity index (χ2n) is 4.25. The Kier molecular flexibility index (Phi) is 3.19. The molecule has 1 aliphatic heterocycles. The summed E-state index contributed by atoms with van der Waals surface area (Å²) in [5.41, 5.74) is -0.00248. The smallest absolute Gasteiger partial charge is 0.409 e. The van der Waals surface area contributed by atoms with Gasteiger partial charge in [-0.15, -0.1) is 0 Å². The van der Waals surface area contributed by atoms with Crippen molar-refractivity contribution < 1.29 is 9.31 Å². The van der Waals surface area contributed by atoms with Gasteiger partial charge >= 0.3 is 7.12 Å². The largest absolute Gasteiger partial charge is 0.457 e. The van der Waals surface area contributed by atoms with Crippen molar-refractivity contribution in [3.63, 3.8) is 0 Å². The van der Waals surface area contributed by atoms with Gasteiger partial charge in [-0.25, -0.2) is 0 Å². The van der Waals surface area contributed by atoms with Crippen LogP contribution in [0.3, 0.4) is 0 Å². The van der Waals surface area contributed by atoms with E-state index >= 15 is 0 Å². The Morgan fingerprint density at radius 1 is 1.50 bits per heavy atom. The van der Waals surface area contributed by atoms with Gasteiger partial charge in [0.15, 0.2) is 0 Å². The van der Waals surface area contributed by atoms with Crippen molar-refractivity contribution in [3.05, 3.63) is 0 Å². The predicted octanol–water partition coefficient (Wildman–Crippen LogP) is 2.49. The fraction of sp³-hybridized carbons (Fsp3) is 1.00. The molecule has 0 bridgehead atoms. The van der Waals surface area contributed by atoms with Crippen molar-refractivity contribution in [2.75, 3.05) is 0 Å². The maximum atomic E-state index is 5.76. The summed E-state index contributed by atoms with van der Waals surface area (Å²) in [4.78, 5) is 0. The summed E-state index contributed by atoms with van der Waals surface area (Å²) in [5, 5.41) is 0. The van der Waals surface area contributed by atoms with Crippen LogP contribution in [0.25, 0.3) is 0 Å². The summed E-state index contributed by atoms with van der Waals surface area (Å²) in [5.74, 6) is 0. The second kappa shape index (κ2) is 3.80. The van der Waals surface area contributed by atoms with Gasteiger partial charge in [-0.05, 0) is 33.5 Å². The average molecular weight is 170 g/mol. The molecule has 1 saturated heterocycles. The summed E-state index contributed by atoms with van der Waals surface area (Å²) in [6.45, 7) is 8.54. The topological polar surface area (TPSA) is 18.5 Å². The molecule has 1 rings (SSSR count). The zero-order valence-electron chi connectivity index (χ0n) is 8.59. The number of hydrogen-bond acceptors (Lipinski definition) is 2. The molecule has 1 unspecified atom stereocenters. The molecular weight excluding hydrogens is 151 g/mol. The zero-order chi connectivity index (χ0) is 9.19. The average Bonchev–Trinajstić information content (AvgIpc) is 1.82. The minimum atomic E-state index is -0.00248. The molecule has 0 aromatic carbocycles. The third kappa shape index (κ3) is 2.79. The van der Waals surface area contributed by atoms with Crippen LogP contribution >= 0.6 is 0 Å². The zero-order valence-corrected chi connectivity index (χ0v) is 8.59. The van der Waals surface area contributed by atoms with E-state index < -0.39 is 0 Å². The van der Waals surface area contributed by atoms with Crippen LogP contribution in [-0.4, -0.2) is 18.8 Å². The van der Waals surface area contributed by atoms with Gasteiger partial charge in [0.1, 0.15) is 0 Å². The third-order valence-corrected chi connectivity index (χ3v) is 2.14. The Labute approximate surface area is 75.8 Å². The number of rotatable bonds is 2. The second-order valence-corrected chi connectivity index (χ2v) is 4.25. The maximum absolute atomic E-state index is 5.76. The molecule has 1 heterocycles. The van der Waals surface area contributed by atoms with Crippen LogP contribution < -0.4 is 0 Å². The highest BCUT2D eigenvalue weighted by Gasteiger charge is 2.35. The van der Waals surface area contributed by atoms with Crippen molar-refractivity contribution in [3.8, 4) is 0 Å². The summed E-state index contributed by atoms with van der Waals surface area (Å²) in [6.07, 6.45) is 3.46. The standard InChI is InChI=1S/C9H19BO2/c1-5-6-10-11-8(2)7-9(3,4)12-10/h8H,5-7H2,1-4H3. The first-order valence-electron chi connectivity index (χ1n) is 4.87. The highest BCUT2D eigenvalue weighted by Crippen LogP contribution is 2.27. The van der Waals surface area contributed by atoms with Crippen LogP contribution in [0.5, 0.6) is 0 Å². The van der Waals surface area contributed by atoms with E-state index in [9.17, 15) is 0 Å². The van der Waals surface area contributed by atoms with Crippen molar-refractivity contribution in [2.24, 2.45) is 0 Å². The molecule has 70 valence electrons. The van der Waals surface area contributed by atoms with E-state index in [2.05, 4.69) is 27.7 Å². The quantitative estimate of drug-likeness (QED) is 0.592. The molecule has 0 radical (unpaired) electrons. The maximum Gasteiger partial charge on any atom is 0.457 e. The lowest BCUT2D eigenvalue weighted by Crippen LogP contribution is -2.45. The van der Waals surface area contributed by atoms with Crippen LogP contribution in [0, 0.1) is 0 Å². The van der Waals surface area contributed by atoms with Crippen molar-refractivity contribution in [1.82, 2.24) is 0 Å². The first kappa shape index (κ1) is 10.1. The highest BCUT2D eigenvalue weighted by atomic mass is 16.6. The van der Waals surface area contributed by atoms with Crippen molar-refractivity contribution in [1.29, 1.82) is 0 Å². The minimum Gasteiger partial charge on any atom is -0.409 e. The van der Waals surface area contributed by atoms with E-state index in [0.29, 0.717) is 6.10 Å². The molecule has 1 fully saturated rings. The van der Waals surface area contributed by atoms with Crippen molar-refractivity contribution >= 4 is 7.12 Å². The van der Waals surface area contributed by atoms with E-state index in [1.807, 2.05) is 0 Å². The summed E-state index contributed by atoms with van der Waals surface area (Å²) in [6, 6.07) is 0. The monoisotopic (exact) mass is 170 g/mol.